The van der Waals surface area contributed by atoms with Gasteiger partial charge >= 0.3 is 6.03 Å². The molecule has 4 rings (SSSR count). The van der Waals surface area contributed by atoms with Gasteiger partial charge in [-0.1, -0.05) is 23.2 Å². The van der Waals surface area contributed by atoms with Gasteiger partial charge in [0.1, 0.15) is 5.82 Å². The van der Waals surface area contributed by atoms with Crippen LogP contribution in [-0.2, 0) is 4.74 Å². The first-order valence-electron chi connectivity index (χ1n) is 11.1. The molecule has 0 spiro atoms. The number of aromatic nitrogens is 1. The summed E-state index contributed by atoms with van der Waals surface area (Å²) in [7, 11) is 0. The first-order chi connectivity index (χ1) is 16.0. The van der Waals surface area contributed by atoms with Crippen LogP contribution in [0.2, 0.25) is 10.0 Å². The molecule has 1 aromatic carbocycles. The van der Waals surface area contributed by atoms with Gasteiger partial charge in [-0.2, -0.15) is 0 Å². The molecule has 0 bridgehead atoms. The molecule has 2 N–H and O–H groups in total. The molecular formula is C23H27Cl2N5O3. The topological polar surface area (TPSA) is 86.8 Å². The fraction of sp³-hybridized carbons (Fsp3) is 0.435. The Bertz CT molecular complexity index is 975. The van der Waals surface area contributed by atoms with Gasteiger partial charge in [0.05, 0.1) is 23.8 Å². The lowest BCUT2D eigenvalue weighted by Gasteiger charge is -2.37. The average molecular weight is 492 g/mol. The second-order valence-corrected chi connectivity index (χ2v) is 9.07. The SMILES string of the molecule is O=C(Nc1ccc(Cl)cn1)c1cc(Cl)ccc1NCC1CCN(C(=O)N2CCOCC2)CC1. The van der Waals surface area contributed by atoms with Gasteiger partial charge in [-0.05, 0) is 49.1 Å². The van der Waals surface area contributed by atoms with Crippen LogP contribution in [-0.4, -0.2) is 72.7 Å². The summed E-state index contributed by atoms with van der Waals surface area (Å²) in [6.45, 7) is 4.72. The van der Waals surface area contributed by atoms with Crippen LogP contribution < -0.4 is 10.6 Å². The lowest BCUT2D eigenvalue weighted by atomic mass is 9.96. The lowest BCUT2D eigenvalue weighted by molar-refractivity contribution is 0.0403. The molecule has 0 unspecified atom stereocenters. The molecule has 2 saturated heterocycles. The Kier molecular flexibility index (Phi) is 7.90. The zero-order valence-electron chi connectivity index (χ0n) is 18.2. The highest BCUT2D eigenvalue weighted by atomic mass is 35.5. The molecular weight excluding hydrogens is 465 g/mol. The number of carbonyl (C=O) groups is 2. The number of ether oxygens (including phenoxy) is 1. The Morgan fingerprint density at radius 2 is 1.70 bits per heavy atom. The van der Waals surface area contributed by atoms with Crippen LogP contribution in [0.25, 0.3) is 0 Å². The van der Waals surface area contributed by atoms with Crippen LogP contribution >= 0.6 is 23.2 Å². The quantitative estimate of drug-likeness (QED) is 0.653. The maximum absolute atomic E-state index is 12.9. The van der Waals surface area contributed by atoms with Crippen molar-refractivity contribution < 1.29 is 14.3 Å². The van der Waals surface area contributed by atoms with E-state index < -0.39 is 0 Å². The average Bonchev–Trinajstić information content (AvgIpc) is 2.85. The number of carbonyl (C=O) groups excluding carboxylic acids is 2. The Morgan fingerprint density at radius 1 is 1.00 bits per heavy atom. The fourth-order valence-corrected chi connectivity index (χ4v) is 4.31. The van der Waals surface area contributed by atoms with E-state index in [1.807, 2.05) is 15.9 Å². The standard InChI is InChI=1S/C23H27Cl2N5O3/c24-17-1-3-20(19(13-17)22(31)28-21-4-2-18(25)15-27-21)26-14-16-5-7-29(8-6-16)23(32)30-9-11-33-12-10-30/h1-4,13,15-16,26H,5-12,14H2,(H,27,28,31). The van der Waals surface area contributed by atoms with Gasteiger partial charge in [0, 0.05) is 49.6 Å². The van der Waals surface area contributed by atoms with Gasteiger partial charge < -0.3 is 25.2 Å². The summed E-state index contributed by atoms with van der Waals surface area (Å²) in [5.41, 5.74) is 1.15. The Balaban J connectivity index is 1.32. The number of likely N-dealkylation sites (tertiary alicyclic amines) is 1. The maximum atomic E-state index is 12.9. The summed E-state index contributed by atoms with van der Waals surface area (Å²) in [5.74, 6) is 0.511. The van der Waals surface area contributed by atoms with E-state index in [1.165, 1.54) is 6.20 Å². The van der Waals surface area contributed by atoms with Gasteiger partial charge in [-0.15, -0.1) is 0 Å². The summed E-state index contributed by atoms with van der Waals surface area (Å²) in [6, 6.07) is 8.62. The number of rotatable bonds is 5. The van der Waals surface area contributed by atoms with Crippen molar-refractivity contribution in [1.82, 2.24) is 14.8 Å². The molecule has 1 aromatic heterocycles. The number of anilines is 2. The van der Waals surface area contributed by atoms with Crippen molar-refractivity contribution in [2.75, 3.05) is 56.6 Å². The van der Waals surface area contributed by atoms with Crippen LogP contribution in [0.1, 0.15) is 23.2 Å². The number of nitrogens with zero attached hydrogens (tertiary/aromatic N) is 3. The Morgan fingerprint density at radius 3 is 2.39 bits per heavy atom. The van der Waals surface area contributed by atoms with Crippen LogP contribution in [0.15, 0.2) is 36.5 Å². The first-order valence-corrected chi connectivity index (χ1v) is 11.8. The molecule has 2 aliphatic heterocycles. The number of amides is 3. The molecule has 33 heavy (non-hydrogen) atoms. The molecule has 2 aliphatic rings. The third kappa shape index (κ3) is 6.28. The number of nitrogens with one attached hydrogen (secondary N) is 2. The number of halogens is 2. The highest BCUT2D eigenvalue weighted by Crippen LogP contribution is 2.25. The third-order valence-corrected chi connectivity index (χ3v) is 6.40. The number of hydrogen-bond acceptors (Lipinski definition) is 5. The highest BCUT2D eigenvalue weighted by Gasteiger charge is 2.27. The van der Waals surface area contributed by atoms with E-state index in [0.29, 0.717) is 65.9 Å². The van der Waals surface area contributed by atoms with E-state index in [4.69, 9.17) is 27.9 Å². The van der Waals surface area contributed by atoms with Crippen molar-refractivity contribution in [3.63, 3.8) is 0 Å². The zero-order valence-corrected chi connectivity index (χ0v) is 19.7. The number of urea groups is 1. The lowest BCUT2D eigenvalue weighted by Crippen LogP contribution is -2.50. The minimum absolute atomic E-state index is 0.108. The maximum Gasteiger partial charge on any atom is 0.320 e. The molecule has 176 valence electrons. The molecule has 2 fully saturated rings. The van der Waals surface area contributed by atoms with E-state index in [-0.39, 0.29) is 11.9 Å². The molecule has 2 aromatic rings. The van der Waals surface area contributed by atoms with Crippen LogP contribution in [0.3, 0.4) is 0 Å². The van der Waals surface area contributed by atoms with Crippen LogP contribution in [0.5, 0.6) is 0 Å². The van der Waals surface area contributed by atoms with Gasteiger partial charge in [0.2, 0.25) is 0 Å². The number of morpholine rings is 1. The predicted molar refractivity (Wildman–Crippen MR) is 129 cm³/mol. The number of piperidine rings is 1. The molecule has 0 aliphatic carbocycles. The molecule has 10 heteroatoms. The third-order valence-electron chi connectivity index (χ3n) is 5.94. The van der Waals surface area contributed by atoms with Crippen LogP contribution in [0.4, 0.5) is 16.3 Å². The predicted octanol–water partition coefficient (Wildman–Crippen LogP) is 4.22. The normalized spacial score (nSPS) is 17.0. The monoisotopic (exact) mass is 491 g/mol. The van der Waals surface area contributed by atoms with E-state index in [0.717, 1.165) is 25.9 Å². The van der Waals surface area contributed by atoms with E-state index in [2.05, 4.69) is 15.6 Å². The van der Waals surface area contributed by atoms with Crippen molar-refractivity contribution in [3.05, 3.63) is 52.1 Å². The van der Waals surface area contributed by atoms with Crippen molar-refractivity contribution in [3.8, 4) is 0 Å². The van der Waals surface area contributed by atoms with E-state index >= 15 is 0 Å². The number of benzene rings is 1. The number of pyridine rings is 1. The van der Waals surface area contributed by atoms with Crippen molar-refractivity contribution in [2.24, 2.45) is 5.92 Å². The van der Waals surface area contributed by atoms with Crippen LogP contribution in [0, 0.1) is 5.92 Å². The summed E-state index contributed by atoms with van der Waals surface area (Å²) in [5, 5.41) is 7.15. The van der Waals surface area contributed by atoms with Crippen molar-refractivity contribution in [2.45, 2.75) is 12.8 Å². The minimum Gasteiger partial charge on any atom is -0.384 e. The molecule has 8 nitrogen and oxygen atoms in total. The van der Waals surface area contributed by atoms with Gasteiger partial charge in [0.15, 0.2) is 0 Å². The minimum atomic E-state index is -0.305. The Labute approximate surface area is 203 Å². The smallest absolute Gasteiger partial charge is 0.320 e. The highest BCUT2D eigenvalue weighted by molar-refractivity contribution is 6.31. The Hall–Kier alpha value is -2.55. The summed E-state index contributed by atoms with van der Waals surface area (Å²) >= 11 is 12.0. The second kappa shape index (κ2) is 11.0. The molecule has 3 heterocycles. The molecule has 0 atom stereocenters. The first kappa shape index (κ1) is 23.6. The fourth-order valence-electron chi connectivity index (χ4n) is 4.03. The largest absolute Gasteiger partial charge is 0.384 e. The van der Waals surface area contributed by atoms with Crippen molar-refractivity contribution >= 4 is 46.6 Å². The molecule has 0 saturated carbocycles. The summed E-state index contributed by atoms with van der Waals surface area (Å²) in [6.07, 6.45) is 3.30. The zero-order chi connectivity index (χ0) is 23.2. The van der Waals surface area contributed by atoms with E-state index in [9.17, 15) is 9.59 Å². The van der Waals surface area contributed by atoms with Crippen molar-refractivity contribution in [1.29, 1.82) is 0 Å². The second-order valence-electron chi connectivity index (χ2n) is 8.20. The summed E-state index contributed by atoms with van der Waals surface area (Å²) in [4.78, 5) is 33.4. The van der Waals surface area contributed by atoms with Gasteiger partial charge in [0.25, 0.3) is 5.91 Å². The summed E-state index contributed by atoms with van der Waals surface area (Å²) < 4.78 is 5.33. The molecule has 3 amide bonds. The van der Waals surface area contributed by atoms with E-state index in [1.54, 1.807) is 24.3 Å². The van der Waals surface area contributed by atoms with Gasteiger partial charge in [-0.25, -0.2) is 9.78 Å². The van der Waals surface area contributed by atoms with Gasteiger partial charge in [-0.3, -0.25) is 4.79 Å². The number of hydrogen-bond donors (Lipinski definition) is 2. The molecule has 0 radical (unpaired) electrons.